The Bertz CT molecular complexity index is 622. The lowest BCUT2D eigenvalue weighted by Gasteiger charge is -2.42. The average Bonchev–Trinajstić information content (AvgIpc) is 3.48. The predicted molar refractivity (Wildman–Crippen MR) is 103 cm³/mol. The van der Waals surface area contributed by atoms with Crippen molar-refractivity contribution in [2.45, 2.75) is 64.1 Å². The summed E-state index contributed by atoms with van der Waals surface area (Å²) in [7, 11) is 0. The van der Waals surface area contributed by atoms with E-state index in [9.17, 15) is 4.79 Å². The number of hydrogen-bond donors (Lipinski definition) is 1. The van der Waals surface area contributed by atoms with E-state index in [4.69, 9.17) is 0 Å². The van der Waals surface area contributed by atoms with E-state index in [-0.39, 0.29) is 5.92 Å². The highest BCUT2D eigenvalue weighted by atomic mass is 16.2. The Hall–Kier alpha value is -1.46. The number of carbonyl (C=O) groups is 1. The van der Waals surface area contributed by atoms with E-state index in [0.717, 1.165) is 45.6 Å². The first kappa shape index (κ1) is 17.9. The first-order valence-corrected chi connectivity index (χ1v) is 10.4. The van der Waals surface area contributed by atoms with Gasteiger partial charge in [0.05, 0.1) is 11.6 Å². The number of amides is 1. The van der Waals surface area contributed by atoms with Crippen molar-refractivity contribution in [2.24, 2.45) is 5.92 Å². The molecule has 1 amide bonds. The van der Waals surface area contributed by atoms with Crippen LogP contribution in [0.1, 0.15) is 49.8 Å². The van der Waals surface area contributed by atoms with Crippen LogP contribution in [0, 0.1) is 12.8 Å². The van der Waals surface area contributed by atoms with E-state index in [1.165, 1.54) is 36.9 Å². The molecule has 0 radical (unpaired) electrons. The van der Waals surface area contributed by atoms with E-state index in [1.807, 2.05) is 12.3 Å². The minimum Gasteiger partial charge on any atom is -0.353 e. The first-order valence-electron chi connectivity index (χ1n) is 10.4. The molecule has 1 N–H and O–H groups in total. The number of pyridine rings is 1. The lowest BCUT2D eigenvalue weighted by atomic mass is 9.93. The van der Waals surface area contributed by atoms with Gasteiger partial charge in [-0.15, -0.1) is 0 Å². The Labute approximate surface area is 157 Å². The zero-order valence-electron chi connectivity index (χ0n) is 16.0. The van der Waals surface area contributed by atoms with Crippen LogP contribution in [0.3, 0.4) is 0 Å². The van der Waals surface area contributed by atoms with Crippen LogP contribution < -0.4 is 5.32 Å². The van der Waals surface area contributed by atoms with Gasteiger partial charge in [-0.1, -0.05) is 6.07 Å². The van der Waals surface area contributed by atoms with Gasteiger partial charge in [-0.05, 0) is 63.6 Å². The fraction of sp³-hybridized carbons (Fsp3) is 0.714. The van der Waals surface area contributed by atoms with Gasteiger partial charge in [-0.2, -0.15) is 0 Å². The number of nitrogens with one attached hydrogen (secondary N) is 1. The van der Waals surface area contributed by atoms with Crippen molar-refractivity contribution in [3.8, 4) is 0 Å². The minimum atomic E-state index is 0.207. The summed E-state index contributed by atoms with van der Waals surface area (Å²) in [5.41, 5.74) is 2.50. The van der Waals surface area contributed by atoms with Gasteiger partial charge >= 0.3 is 0 Å². The first-order chi connectivity index (χ1) is 12.7. The molecule has 142 valence electrons. The lowest BCUT2D eigenvalue weighted by molar-refractivity contribution is -0.127. The molecule has 0 aromatic carbocycles. The Kier molecular flexibility index (Phi) is 5.55. The molecular weight excluding hydrogens is 324 g/mol. The maximum absolute atomic E-state index is 12.4. The summed E-state index contributed by atoms with van der Waals surface area (Å²) in [6.07, 6.45) is 8.90. The SMILES string of the molecule is Cc1cccnc1CN1CCC(N2CCC[C@@H](C(=O)NC3CC3)C2)CC1. The average molecular weight is 357 g/mol. The van der Waals surface area contributed by atoms with E-state index in [2.05, 4.69) is 33.1 Å². The zero-order valence-corrected chi connectivity index (χ0v) is 16.0. The van der Waals surface area contributed by atoms with Crippen LogP contribution in [0.15, 0.2) is 18.3 Å². The molecule has 0 spiro atoms. The van der Waals surface area contributed by atoms with Crippen molar-refractivity contribution in [1.82, 2.24) is 20.1 Å². The van der Waals surface area contributed by atoms with Crippen LogP contribution in [-0.4, -0.2) is 59.0 Å². The fourth-order valence-electron chi connectivity index (χ4n) is 4.44. The molecule has 3 heterocycles. The van der Waals surface area contributed by atoms with E-state index >= 15 is 0 Å². The van der Waals surface area contributed by atoms with Crippen molar-refractivity contribution in [3.63, 3.8) is 0 Å². The number of nitrogens with zero attached hydrogens (tertiary/aromatic N) is 3. The van der Waals surface area contributed by atoms with Crippen LogP contribution in [0.4, 0.5) is 0 Å². The minimum absolute atomic E-state index is 0.207. The normalized spacial score (nSPS) is 26.0. The van der Waals surface area contributed by atoms with Gasteiger partial charge in [0.25, 0.3) is 0 Å². The van der Waals surface area contributed by atoms with Crippen molar-refractivity contribution in [2.75, 3.05) is 26.2 Å². The van der Waals surface area contributed by atoms with Crippen molar-refractivity contribution in [1.29, 1.82) is 0 Å². The van der Waals surface area contributed by atoms with Crippen molar-refractivity contribution < 1.29 is 4.79 Å². The molecule has 2 aliphatic heterocycles. The molecule has 2 saturated heterocycles. The van der Waals surface area contributed by atoms with Gasteiger partial charge < -0.3 is 5.32 Å². The second kappa shape index (κ2) is 8.05. The van der Waals surface area contributed by atoms with Crippen LogP contribution in [0.25, 0.3) is 0 Å². The second-order valence-electron chi connectivity index (χ2n) is 8.39. The van der Waals surface area contributed by atoms with Gasteiger partial charge in [0.1, 0.15) is 0 Å². The summed E-state index contributed by atoms with van der Waals surface area (Å²) < 4.78 is 0. The Balaban J connectivity index is 1.26. The largest absolute Gasteiger partial charge is 0.353 e. The number of likely N-dealkylation sites (tertiary alicyclic amines) is 2. The zero-order chi connectivity index (χ0) is 17.9. The summed E-state index contributed by atoms with van der Waals surface area (Å²) in [5, 5.41) is 3.21. The smallest absolute Gasteiger partial charge is 0.224 e. The summed E-state index contributed by atoms with van der Waals surface area (Å²) in [6.45, 7) is 7.51. The summed E-state index contributed by atoms with van der Waals surface area (Å²) in [6, 6.07) is 5.29. The summed E-state index contributed by atoms with van der Waals surface area (Å²) >= 11 is 0. The van der Waals surface area contributed by atoms with Gasteiger partial charge in [0, 0.05) is 44.5 Å². The van der Waals surface area contributed by atoms with Gasteiger partial charge in [0.15, 0.2) is 0 Å². The maximum Gasteiger partial charge on any atom is 0.224 e. The Morgan fingerprint density at radius 1 is 1.19 bits per heavy atom. The molecule has 5 heteroatoms. The molecule has 1 aliphatic carbocycles. The fourth-order valence-corrected chi connectivity index (χ4v) is 4.44. The molecule has 1 aromatic rings. The molecule has 5 nitrogen and oxygen atoms in total. The van der Waals surface area contributed by atoms with Crippen LogP contribution in [0.2, 0.25) is 0 Å². The van der Waals surface area contributed by atoms with Crippen molar-refractivity contribution >= 4 is 5.91 Å². The Morgan fingerprint density at radius 2 is 2.00 bits per heavy atom. The summed E-state index contributed by atoms with van der Waals surface area (Å²) in [4.78, 5) is 22.1. The standard InChI is InChI=1S/C21H32N4O/c1-16-4-2-10-22-20(16)15-24-12-8-19(9-13-24)25-11-3-5-17(14-25)21(26)23-18-6-7-18/h2,4,10,17-19H,3,5-9,11-15H2,1H3,(H,23,26)/t17-/m1/s1. The quantitative estimate of drug-likeness (QED) is 0.880. The van der Waals surface area contributed by atoms with E-state index < -0.39 is 0 Å². The third-order valence-corrected chi connectivity index (χ3v) is 6.31. The van der Waals surface area contributed by atoms with Gasteiger partial charge in [-0.3, -0.25) is 19.6 Å². The third kappa shape index (κ3) is 4.44. The van der Waals surface area contributed by atoms with Crippen LogP contribution >= 0.6 is 0 Å². The van der Waals surface area contributed by atoms with Crippen molar-refractivity contribution in [3.05, 3.63) is 29.6 Å². The molecule has 4 rings (SSSR count). The van der Waals surface area contributed by atoms with E-state index in [1.54, 1.807) is 0 Å². The highest BCUT2D eigenvalue weighted by Crippen LogP contribution is 2.26. The molecule has 0 bridgehead atoms. The highest BCUT2D eigenvalue weighted by molar-refractivity contribution is 5.79. The molecule has 1 saturated carbocycles. The molecular formula is C21H32N4O. The monoisotopic (exact) mass is 356 g/mol. The topological polar surface area (TPSA) is 48.5 Å². The molecule has 3 aliphatic rings. The number of aromatic nitrogens is 1. The lowest BCUT2D eigenvalue weighted by Crippen LogP contribution is -2.50. The van der Waals surface area contributed by atoms with Crippen LogP contribution in [0.5, 0.6) is 0 Å². The molecule has 1 atom stereocenters. The number of aryl methyl sites for hydroxylation is 1. The Morgan fingerprint density at radius 3 is 2.73 bits per heavy atom. The molecule has 1 aromatic heterocycles. The number of carbonyl (C=O) groups excluding carboxylic acids is 1. The maximum atomic E-state index is 12.4. The second-order valence-corrected chi connectivity index (χ2v) is 8.39. The molecule has 26 heavy (non-hydrogen) atoms. The number of hydrogen-bond acceptors (Lipinski definition) is 4. The number of rotatable bonds is 5. The molecule has 0 unspecified atom stereocenters. The highest BCUT2D eigenvalue weighted by Gasteiger charge is 2.33. The number of piperidine rings is 2. The third-order valence-electron chi connectivity index (χ3n) is 6.31. The molecule has 3 fully saturated rings. The van der Waals surface area contributed by atoms with Gasteiger partial charge in [0.2, 0.25) is 5.91 Å². The van der Waals surface area contributed by atoms with Crippen LogP contribution in [-0.2, 0) is 11.3 Å². The predicted octanol–water partition coefficient (Wildman–Crippen LogP) is 2.35. The summed E-state index contributed by atoms with van der Waals surface area (Å²) in [5.74, 6) is 0.513. The van der Waals surface area contributed by atoms with Gasteiger partial charge in [-0.25, -0.2) is 0 Å². The van der Waals surface area contributed by atoms with E-state index in [0.29, 0.717) is 18.0 Å².